The molecule has 0 aromatic carbocycles. The Balaban J connectivity index is 2.06. The van der Waals surface area contributed by atoms with E-state index in [-0.39, 0.29) is 0 Å². The van der Waals surface area contributed by atoms with Gasteiger partial charge in [-0.2, -0.15) is 0 Å². The molecule has 0 amide bonds. The third-order valence-corrected chi connectivity index (χ3v) is 3.73. The zero-order chi connectivity index (χ0) is 14.5. The molecular weight excluding hydrogens is 270 g/mol. The zero-order valence-corrected chi connectivity index (χ0v) is 13.6. The van der Waals surface area contributed by atoms with Gasteiger partial charge in [0.1, 0.15) is 5.82 Å². The summed E-state index contributed by atoms with van der Waals surface area (Å²) in [6.07, 6.45) is 5.64. The first-order valence-corrected chi connectivity index (χ1v) is 8.11. The van der Waals surface area contributed by atoms with Crippen molar-refractivity contribution in [2.75, 3.05) is 18.0 Å². The molecule has 20 heavy (non-hydrogen) atoms. The molecule has 0 radical (unpaired) electrons. The normalized spacial score (nSPS) is 14.8. The van der Waals surface area contributed by atoms with Gasteiger partial charge in [0.25, 0.3) is 0 Å². The van der Waals surface area contributed by atoms with Gasteiger partial charge in [-0.1, -0.05) is 32.4 Å². The van der Waals surface area contributed by atoms with Gasteiger partial charge >= 0.3 is 0 Å². The van der Waals surface area contributed by atoms with Gasteiger partial charge in [-0.05, 0) is 43.4 Å². The molecule has 1 aromatic heterocycles. The Hall–Kier alpha value is -0.800. The quantitative estimate of drug-likeness (QED) is 0.738. The molecule has 1 heterocycles. The van der Waals surface area contributed by atoms with E-state index < -0.39 is 0 Å². The van der Waals surface area contributed by atoms with Gasteiger partial charge in [-0.25, -0.2) is 4.98 Å². The van der Waals surface area contributed by atoms with Crippen molar-refractivity contribution in [1.82, 2.24) is 10.3 Å². The molecule has 1 aliphatic carbocycles. The van der Waals surface area contributed by atoms with Crippen molar-refractivity contribution < 1.29 is 0 Å². The largest absolute Gasteiger partial charge is 0.352 e. The minimum absolute atomic E-state index is 0.624. The van der Waals surface area contributed by atoms with Crippen LogP contribution in [-0.2, 0) is 6.54 Å². The standard InChI is InChI=1S/C16H26ClN3/c1-4-7-18-9-13-8-15(17)16(19-10-13)20(11-12(2)3)14-5-6-14/h8,10,12,14,18H,4-7,9,11H2,1-3H3. The number of nitrogens with zero attached hydrogens (tertiary/aromatic N) is 2. The lowest BCUT2D eigenvalue weighted by Crippen LogP contribution is -2.31. The lowest BCUT2D eigenvalue weighted by Gasteiger charge is -2.26. The summed E-state index contributed by atoms with van der Waals surface area (Å²) in [6, 6.07) is 2.70. The number of aromatic nitrogens is 1. The maximum Gasteiger partial charge on any atom is 0.147 e. The van der Waals surface area contributed by atoms with Gasteiger partial charge in [-0.15, -0.1) is 0 Å². The van der Waals surface area contributed by atoms with Crippen LogP contribution < -0.4 is 10.2 Å². The fourth-order valence-electron chi connectivity index (χ4n) is 2.38. The molecule has 1 fully saturated rings. The Morgan fingerprint density at radius 2 is 2.20 bits per heavy atom. The number of halogens is 1. The third-order valence-electron chi connectivity index (χ3n) is 3.46. The monoisotopic (exact) mass is 295 g/mol. The van der Waals surface area contributed by atoms with Crippen LogP contribution in [0.5, 0.6) is 0 Å². The Morgan fingerprint density at radius 3 is 2.75 bits per heavy atom. The summed E-state index contributed by atoms with van der Waals surface area (Å²) in [6.45, 7) is 9.56. The van der Waals surface area contributed by atoms with Crippen LogP contribution in [0.15, 0.2) is 12.3 Å². The summed E-state index contributed by atoms with van der Waals surface area (Å²) < 4.78 is 0. The van der Waals surface area contributed by atoms with E-state index in [0.717, 1.165) is 42.5 Å². The molecule has 3 nitrogen and oxygen atoms in total. The third kappa shape index (κ3) is 4.35. The van der Waals surface area contributed by atoms with Crippen LogP contribution in [0.2, 0.25) is 5.02 Å². The number of pyridine rings is 1. The van der Waals surface area contributed by atoms with Crippen molar-refractivity contribution >= 4 is 17.4 Å². The van der Waals surface area contributed by atoms with Gasteiger partial charge in [-0.3, -0.25) is 0 Å². The number of anilines is 1. The lowest BCUT2D eigenvalue weighted by molar-refractivity contribution is 0.602. The Bertz CT molecular complexity index is 430. The zero-order valence-electron chi connectivity index (χ0n) is 12.8. The molecule has 1 N–H and O–H groups in total. The smallest absolute Gasteiger partial charge is 0.147 e. The van der Waals surface area contributed by atoms with Gasteiger partial charge in [0.15, 0.2) is 0 Å². The highest BCUT2D eigenvalue weighted by Crippen LogP contribution is 2.35. The molecule has 0 spiro atoms. The van der Waals surface area contributed by atoms with E-state index in [4.69, 9.17) is 11.6 Å². The molecule has 1 aliphatic rings. The Kier molecular flexibility index (Phi) is 5.67. The van der Waals surface area contributed by atoms with Crippen LogP contribution in [0.4, 0.5) is 5.82 Å². The fraction of sp³-hybridized carbons (Fsp3) is 0.688. The van der Waals surface area contributed by atoms with Crippen molar-refractivity contribution in [3.8, 4) is 0 Å². The summed E-state index contributed by atoms with van der Waals surface area (Å²) in [5.41, 5.74) is 1.16. The summed E-state index contributed by atoms with van der Waals surface area (Å²) in [7, 11) is 0. The number of hydrogen-bond acceptors (Lipinski definition) is 3. The number of nitrogens with one attached hydrogen (secondary N) is 1. The van der Waals surface area contributed by atoms with Gasteiger partial charge in [0, 0.05) is 25.3 Å². The van der Waals surface area contributed by atoms with E-state index in [1.165, 1.54) is 12.8 Å². The highest BCUT2D eigenvalue weighted by atomic mass is 35.5. The molecule has 2 rings (SSSR count). The van der Waals surface area contributed by atoms with E-state index in [2.05, 4.69) is 42.0 Å². The van der Waals surface area contributed by atoms with Crippen molar-refractivity contribution in [3.63, 3.8) is 0 Å². The van der Waals surface area contributed by atoms with Crippen LogP contribution >= 0.6 is 11.6 Å². The summed E-state index contributed by atoms with van der Waals surface area (Å²) in [5.74, 6) is 1.58. The summed E-state index contributed by atoms with van der Waals surface area (Å²) >= 11 is 6.46. The van der Waals surface area contributed by atoms with Gasteiger partial charge < -0.3 is 10.2 Å². The first kappa shape index (κ1) is 15.6. The fourth-order valence-corrected chi connectivity index (χ4v) is 2.67. The van der Waals surface area contributed by atoms with Crippen molar-refractivity contribution in [2.45, 2.75) is 52.6 Å². The molecule has 4 heteroatoms. The van der Waals surface area contributed by atoms with Gasteiger partial charge in [0.2, 0.25) is 0 Å². The molecule has 0 bridgehead atoms. The second-order valence-corrected chi connectivity index (χ2v) is 6.51. The average Bonchev–Trinajstić information content (AvgIpc) is 3.21. The van der Waals surface area contributed by atoms with E-state index in [0.29, 0.717) is 12.0 Å². The second-order valence-electron chi connectivity index (χ2n) is 6.10. The van der Waals surface area contributed by atoms with Crippen LogP contribution in [-0.4, -0.2) is 24.1 Å². The molecule has 0 aliphatic heterocycles. The minimum Gasteiger partial charge on any atom is -0.352 e. The molecule has 0 unspecified atom stereocenters. The highest BCUT2D eigenvalue weighted by molar-refractivity contribution is 6.33. The maximum absolute atomic E-state index is 6.46. The second kappa shape index (κ2) is 7.28. The van der Waals surface area contributed by atoms with Crippen molar-refractivity contribution in [1.29, 1.82) is 0 Å². The van der Waals surface area contributed by atoms with Crippen LogP contribution in [0.25, 0.3) is 0 Å². The molecule has 1 aromatic rings. The van der Waals surface area contributed by atoms with Gasteiger partial charge in [0.05, 0.1) is 5.02 Å². The minimum atomic E-state index is 0.624. The van der Waals surface area contributed by atoms with Crippen LogP contribution in [0, 0.1) is 5.92 Å². The molecule has 0 saturated heterocycles. The van der Waals surface area contributed by atoms with Crippen molar-refractivity contribution in [2.24, 2.45) is 5.92 Å². The van der Waals surface area contributed by atoms with Crippen LogP contribution in [0.3, 0.4) is 0 Å². The van der Waals surface area contributed by atoms with E-state index in [1.54, 1.807) is 0 Å². The average molecular weight is 296 g/mol. The van der Waals surface area contributed by atoms with E-state index >= 15 is 0 Å². The SMILES string of the molecule is CCCNCc1cnc(N(CC(C)C)C2CC2)c(Cl)c1. The summed E-state index contributed by atoms with van der Waals surface area (Å²) in [4.78, 5) is 7.01. The Morgan fingerprint density at radius 1 is 1.45 bits per heavy atom. The molecule has 1 saturated carbocycles. The predicted molar refractivity (Wildman–Crippen MR) is 86.5 cm³/mol. The highest BCUT2D eigenvalue weighted by Gasteiger charge is 2.31. The number of rotatable bonds is 8. The first-order chi connectivity index (χ1) is 9.61. The molecule has 0 atom stereocenters. The first-order valence-electron chi connectivity index (χ1n) is 7.73. The topological polar surface area (TPSA) is 28.2 Å². The Labute approximate surface area is 127 Å². The lowest BCUT2D eigenvalue weighted by atomic mass is 10.2. The molecular formula is C16H26ClN3. The number of hydrogen-bond donors (Lipinski definition) is 1. The predicted octanol–water partition coefficient (Wildman–Crippen LogP) is 3.86. The van der Waals surface area contributed by atoms with Crippen LogP contribution in [0.1, 0.15) is 45.6 Å². The van der Waals surface area contributed by atoms with Crippen molar-refractivity contribution in [3.05, 3.63) is 22.8 Å². The molecule has 112 valence electrons. The van der Waals surface area contributed by atoms with E-state index in [9.17, 15) is 0 Å². The maximum atomic E-state index is 6.46. The summed E-state index contributed by atoms with van der Waals surface area (Å²) in [5, 5.41) is 4.17. The van der Waals surface area contributed by atoms with E-state index in [1.807, 2.05) is 6.20 Å².